The van der Waals surface area contributed by atoms with Crippen molar-refractivity contribution < 1.29 is 14.1 Å². The molecule has 0 spiro atoms. The molecule has 0 fully saturated rings. The van der Waals surface area contributed by atoms with E-state index in [0.717, 1.165) is 15.6 Å². The zero-order valence-electron chi connectivity index (χ0n) is 14.2. The van der Waals surface area contributed by atoms with Crippen LogP contribution < -0.4 is 5.43 Å². The molecule has 1 N–H and O–H groups in total. The molecule has 136 valence electrons. The standard InChI is InChI=1S/C19H14BrN3O4/c1-12-9-15(23(25)26)5-7-17(12)18-8-6-16(27-18)11-21-22-19(24)13-3-2-4-14(20)10-13/h2-11H,1H3,(H,22,24). The van der Waals surface area contributed by atoms with Crippen molar-refractivity contribution in [1.29, 1.82) is 0 Å². The van der Waals surface area contributed by atoms with Gasteiger partial charge < -0.3 is 4.42 Å². The summed E-state index contributed by atoms with van der Waals surface area (Å²) in [5.41, 5.74) is 4.41. The highest BCUT2D eigenvalue weighted by molar-refractivity contribution is 9.10. The molecule has 3 rings (SSSR count). The minimum atomic E-state index is -0.440. The van der Waals surface area contributed by atoms with Gasteiger partial charge in [-0.25, -0.2) is 5.43 Å². The summed E-state index contributed by atoms with van der Waals surface area (Å²) in [7, 11) is 0. The molecule has 0 atom stereocenters. The van der Waals surface area contributed by atoms with Crippen molar-refractivity contribution in [2.75, 3.05) is 0 Å². The zero-order valence-corrected chi connectivity index (χ0v) is 15.8. The van der Waals surface area contributed by atoms with Gasteiger partial charge in [-0.1, -0.05) is 22.0 Å². The van der Waals surface area contributed by atoms with Gasteiger partial charge in [-0.05, 0) is 48.9 Å². The number of halogens is 1. The van der Waals surface area contributed by atoms with Crippen LogP contribution in [-0.2, 0) is 0 Å². The SMILES string of the molecule is Cc1cc([N+](=O)[O-])ccc1-c1ccc(C=NNC(=O)c2cccc(Br)c2)o1. The van der Waals surface area contributed by atoms with Gasteiger partial charge in [-0.15, -0.1) is 0 Å². The third kappa shape index (κ3) is 4.48. The fraction of sp³-hybridized carbons (Fsp3) is 0.0526. The zero-order chi connectivity index (χ0) is 19.4. The number of nitrogens with one attached hydrogen (secondary N) is 1. The van der Waals surface area contributed by atoms with Crippen molar-refractivity contribution in [1.82, 2.24) is 5.43 Å². The first-order valence-electron chi connectivity index (χ1n) is 7.88. The highest BCUT2D eigenvalue weighted by Crippen LogP contribution is 2.28. The Hall–Kier alpha value is -3.26. The molecule has 0 radical (unpaired) electrons. The van der Waals surface area contributed by atoms with Crippen LogP contribution in [0, 0.1) is 17.0 Å². The number of nitrogens with zero attached hydrogens (tertiary/aromatic N) is 2. The molecule has 1 heterocycles. The van der Waals surface area contributed by atoms with Crippen LogP contribution in [-0.4, -0.2) is 17.0 Å². The minimum absolute atomic E-state index is 0.0276. The number of hydrogen-bond donors (Lipinski definition) is 1. The first kappa shape index (κ1) is 18.5. The lowest BCUT2D eigenvalue weighted by Crippen LogP contribution is -2.17. The van der Waals surface area contributed by atoms with Crippen LogP contribution in [0.1, 0.15) is 21.7 Å². The molecule has 0 aliphatic carbocycles. The van der Waals surface area contributed by atoms with E-state index in [4.69, 9.17) is 4.42 Å². The molecule has 7 nitrogen and oxygen atoms in total. The van der Waals surface area contributed by atoms with Crippen LogP contribution in [0.2, 0.25) is 0 Å². The summed E-state index contributed by atoms with van der Waals surface area (Å²) in [4.78, 5) is 22.4. The molecule has 0 bridgehead atoms. The molecule has 0 saturated heterocycles. The van der Waals surface area contributed by atoms with Crippen LogP contribution in [0.25, 0.3) is 11.3 Å². The second-order valence-corrected chi connectivity index (χ2v) is 6.58. The second-order valence-electron chi connectivity index (χ2n) is 5.67. The number of non-ortho nitro benzene ring substituents is 1. The molecule has 0 aliphatic rings. The number of hydrazone groups is 1. The maximum absolute atomic E-state index is 12.0. The number of nitro benzene ring substituents is 1. The van der Waals surface area contributed by atoms with Crippen molar-refractivity contribution in [3.63, 3.8) is 0 Å². The number of hydrogen-bond acceptors (Lipinski definition) is 5. The molecule has 1 aromatic heterocycles. The highest BCUT2D eigenvalue weighted by atomic mass is 79.9. The number of aryl methyl sites for hydroxylation is 1. The van der Waals surface area contributed by atoms with Gasteiger partial charge >= 0.3 is 0 Å². The minimum Gasteiger partial charge on any atom is -0.455 e. The lowest BCUT2D eigenvalue weighted by molar-refractivity contribution is -0.384. The molecule has 2 aromatic carbocycles. The van der Waals surface area contributed by atoms with Crippen LogP contribution in [0.5, 0.6) is 0 Å². The maximum atomic E-state index is 12.0. The Labute approximate surface area is 163 Å². The first-order valence-corrected chi connectivity index (χ1v) is 8.67. The van der Waals surface area contributed by atoms with E-state index in [0.29, 0.717) is 17.1 Å². The molecule has 27 heavy (non-hydrogen) atoms. The molecule has 0 aliphatic heterocycles. The third-order valence-corrected chi connectivity index (χ3v) is 4.25. The summed E-state index contributed by atoms with van der Waals surface area (Å²) >= 11 is 3.31. The number of benzene rings is 2. The molecular weight excluding hydrogens is 414 g/mol. The third-order valence-electron chi connectivity index (χ3n) is 3.76. The topological polar surface area (TPSA) is 97.7 Å². The number of carbonyl (C=O) groups excluding carboxylic acids is 1. The summed E-state index contributed by atoms with van der Waals surface area (Å²) in [5.74, 6) is 0.657. The van der Waals surface area contributed by atoms with E-state index in [1.165, 1.54) is 18.3 Å². The summed E-state index contributed by atoms with van der Waals surface area (Å²) in [6.07, 6.45) is 1.39. The van der Waals surface area contributed by atoms with Crippen molar-refractivity contribution in [3.05, 3.63) is 86.1 Å². The summed E-state index contributed by atoms with van der Waals surface area (Å²) in [5, 5.41) is 14.7. The van der Waals surface area contributed by atoms with E-state index < -0.39 is 4.92 Å². The average molecular weight is 428 g/mol. The normalized spacial score (nSPS) is 10.9. The van der Waals surface area contributed by atoms with E-state index in [-0.39, 0.29) is 11.6 Å². The Balaban J connectivity index is 1.70. The predicted octanol–water partition coefficient (Wildman–Crippen LogP) is 4.69. The lowest BCUT2D eigenvalue weighted by atomic mass is 10.1. The smallest absolute Gasteiger partial charge is 0.271 e. The average Bonchev–Trinajstić information content (AvgIpc) is 3.10. The van der Waals surface area contributed by atoms with E-state index in [1.807, 2.05) is 6.07 Å². The van der Waals surface area contributed by atoms with Crippen LogP contribution in [0.3, 0.4) is 0 Å². The maximum Gasteiger partial charge on any atom is 0.271 e. The number of amides is 1. The molecular formula is C19H14BrN3O4. The highest BCUT2D eigenvalue weighted by Gasteiger charge is 2.12. The molecule has 3 aromatic rings. The fourth-order valence-corrected chi connectivity index (χ4v) is 2.85. The Morgan fingerprint density at radius 1 is 1.22 bits per heavy atom. The van der Waals surface area contributed by atoms with E-state index in [2.05, 4.69) is 26.5 Å². The summed E-state index contributed by atoms with van der Waals surface area (Å²) < 4.78 is 6.48. The van der Waals surface area contributed by atoms with Gasteiger partial charge in [0.1, 0.15) is 11.5 Å². The van der Waals surface area contributed by atoms with Crippen LogP contribution in [0.15, 0.2) is 68.6 Å². The van der Waals surface area contributed by atoms with Gasteiger partial charge in [-0.3, -0.25) is 14.9 Å². The number of furan rings is 1. The van der Waals surface area contributed by atoms with E-state index in [9.17, 15) is 14.9 Å². The second kappa shape index (κ2) is 7.96. The Bertz CT molecular complexity index is 1040. The van der Waals surface area contributed by atoms with Crippen molar-refractivity contribution >= 4 is 33.7 Å². The van der Waals surface area contributed by atoms with Crippen LogP contribution in [0.4, 0.5) is 5.69 Å². The largest absolute Gasteiger partial charge is 0.455 e. The van der Waals surface area contributed by atoms with Crippen molar-refractivity contribution in [2.45, 2.75) is 6.92 Å². The summed E-state index contributed by atoms with van der Waals surface area (Å²) in [6, 6.07) is 14.9. The molecule has 1 amide bonds. The van der Waals surface area contributed by atoms with Crippen LogP contribution >= 0.6 is 15.9 Å². The van der Waals surface area contributed by atoms with E-state index >= 15 is 0 Å². The summed E-state index contributed by atoms with van der Waals surface area (Å²) in [6.45, 7) is 1.77. The predicted molar refractivity (Wildman–Crippen MR) is 105 cm³/mol. The van der Waals surface area contributed by atoms with Gasteiger partial charge in [0.05, 0.1) is 11.1 Å². The van der Waals surface area contributed by atoms with Crippen molar-refractivity contribution in [2.24, 2.45) is 5.10 Å². The monoisotopic (exact) mass is 427 g/mol. The van der Waals surface area contributed by atoms with Gasteiger partial charge in [-0.2, -0.15) is 5.10 Å². The fourth-order valence-electron chi connectivity index (χ4n) is 2.45. The molecule has 0 unspecified atom stereocenters. The Morgan fingerprint density at radius 3 is 2.74 bits per heavy atom. The van der Waals surface area contributed by atoms with Gasteiger partial charge in [0, 0.05) is 27.7 Å². The Morgan fingerprint density at radius 2 is 2.04 bits per heavy atom. The Kier molecular flexibility index (Phi) is 5.46. The molecule has 0 saturated carbocycles. The lowest BCUT2D eigenvalue weighted by Gasteiger charge is -2.02. The van der Waals surface area contributed by atoms with Gasteiger partial charge in [0.2, 0.25) is 0 Å². The number of carbonyl (C=O) groups is 1. The van der Waals surface area contributed by atoms with E-state index in [1.54, 1.807) is 43.3 Å². The number of rotatable bonds is 5. The first-order chi connectivity index (χ1) is 12.9. The van der Waals surface area contributed by atoms with Gasteiger partial charge in [0.25, 0.3) is 11.6 Å². The van der Waals surface area contributed by atoms with Gasteiger partial charge in [0.15, 0.2) is 0 Å². The quantitative estimate of drug-likeness (QED) is 0.362. The number of nitro groups is 1. The molecule has 8 heteroatoms. The van der Waals surface area contributed by atoms with Crippen molar-refractivity contribution in [3.8, 4) is 11.3 Å².